The largest absolute Gasteiger partial charge is 0.338 e. The van der Waals surface area contributed by atoms with Crippen LogP contribution >= 0.6 is 23.1 Å². The van der Waals surface area contributed by atoms with Crippen LogP contribution < -0.4 is 5.56 Å². The maximum atomic E-state index is 12.9. The molecule has 3 heterocycles. The molecule has 3 aromatic heterocycles. The van der Waals surface area contributed by atoms with Gasteiger partial charge in [-0.15, -0.1) is 11.3 Å². The standard InChI is InChI=1S/C20H20N4O2S2/c1-4-8-16-21-17(26-23-16)12(2)27-20-22-18-14(19(25)24(20)3)11-15(28-18)13-9-6-5-7-10-13/h5-7,9-12H,4,8H2,1-3H3/t12-/m1/s1. The van der Waals surface area contributed by atoms with E-state index in [4.69, 9.17) is 9.51 Å². The summed E-state index contributed by atoms with van der Waals surface area (Å²) in [5.41, 5.74) is 1.04. The third-order valence-corrected chi connectivity index (χ3v) is 6.59. The van der Waals surface area contributed by atoms with Crippen molar-refractivity contribution in [1.82, 2.24) is 19.7 Å². The topological polar surface area (TPSA) is 73.8 Å². The van der Waals surface area contributed by atoms with Gasteiger partial charge in [-0.1, -0.05) is 54.2 Å². The molecule has 0 amide bonds. The Morgan fingerprint density at radius 2 is 2.04 bits per heavy atom. The molecule has 0 saturated heterocycles. The van der Waals surface area contributed by atoms with Crippen LogP contribution in [0.1, 0.15) is 37.2 Å². The summed E-state index contributed by atoms with van der Waals surface area (Å²) in [6, 6.07) is 12.0. The number of hydrogen-bond acceptors (Lipinski definition) is 7. The molecule has 4 rings (SSSR count). The number of rotatable bonds is 6. The second-order valence-electron chi connectivity index (χ2n) is 6.51. The molecule has 0 unspecified atom stereocenters. The van der Waals surface area contributed by atoms with Crippen molar-refractivity contribution in [1.29, 1.82) is 0 Å². The highest BCUT2D eigenvalue weighted by Crippen LogP contribution is 2.35. The smallest absolute Gasteiger partial charge is 0.262 e. The molecule has 0 radical (unpaired) electrons. The Bertz CT molecular complexity index is 1160. The van der Waals surface area contributed by atoms with Gasteiger partial charge in [0, 0.05) is 18.3 Å². The van der Waals surface area contributed by atoms with E-state index in [1.54, 1.807) is 11.6 Å². The molecule has 0 aliphatic rings. The SMILES string of the molecule is CCCc1noc([C@@H](C)Sc2nc3sc(-c4ccccc4)cc3c(=O)n2C)n1. The highest BCUT2D eigenvalue weighted by atomic mass is 32.2. The number of aryl methyl sites for hydroxylation is 1. The van der Waals surface area contributed by atoms with E-state index in [1.807, 2.05) is 43.3 Å². The normalized spacial score (nSPS) is 12.5. The first-order valence-electron chi connectivity index (χ1n) is 9.12. The second-order valence-corrected chi connectivity index (χ2v) is 8.85. The van der Waals surface area contributed by atoms with Gasteiger partial charge in [-0.3, -0.25) is 9.36 Å². The summed E-state index contributed by atoms with van der Waals surface area (Å²) in [6.07, 6.45) is 1.76. The molecule has 8 heteroatoms. The number of benzene rings is 1. The lowest BCUT2D eigenvalue weighted by atomic mass is 10.2. The Balaban J connectivity index is 1.67. The van der Waals surface area contributed by atoms with Crippen molar-refractivity contribution < 1.29 is 4.52 Å². The lowest BCUT2D eigenvalue weighted by Crippen LogP contribution is -2.19. The van der Waals surface area contributed by atoms with Gasteiger partial charge in [0.2, 0.25) is 5.89 Å². The van der Waals surface area contributed by atoms with Gasteiger partial charge < -0.3 is 4.52 Å². The van der Waals surface area contributed by atoms with Crippen molar-refractivity contribution in [3.05, 3.63) is 58.5 Å². The average molecular weight is 413 g/mol. The van der Waals surface area contributed by atoms with Gasteiger partial charge in [-0.05, 0) is 25.0 Å². The predicted molar refractivity (Wildman–Crippen MR) is 113 cm³/mol. The van der Waals surface area contributed by atoms with Crippen molar-refractivity contribution in [2.75, 3.05) is 0 Å². The van der Waals surface area contributed by atoms with Gasteiger partial charge in [0.25, 0.3) is 5.56 Å². The molecule has 144 valence electrons. The fraction of sp³-hybridized carbons (Fsp3) is 0.300. The van der Waals surface area contributed by atoms with Gasteiger partial charge in [-0.2, -0.15) is 4.98 Å². The summed E-state index contributed by atoms with van der Waals surface area (Å²) in [6.45, 7) is 4.06. The zero-order valence-corrected chi connectivity index (χ0v) is 17.5. The monoisotopic (exact) mass is 412 g/mol. The lowest BCUT2D eigenvalue weighted by molar-refractivity contribution is 0.374. The van der Waals surface area contributed by atoms with Gasteiger partial charge in [0.05, 0.1) is 10.6 Å². The van der Waals surface area contributed by atoms with Crippen LogP contribution in [0.2, 0.25) is 0 Å². The molecular formula is C20H20N4O2S2. The first-order valence-corrected chi connectivity index (χ1v) is 10.8. The highest BCUT2D eigenvalue weighted by molar-refractivity contribution is 7.99. The zero-order valence-electron chi connectivity index (χ0n) is 15.9. The number of nitrogens with zero attached hydrogens (tertiary/aromatic N) is 4. The molecule has 0 aliphatic heterocycles. The Hall–Kier alpha value is -2.45. The molecular weight excluding hydrogens is 392 g/mol. The Morgan fingerprint density at radius 1 is 1.25 bits per heavy atom. The van der Waals surface area contributed by atoms with Crippen LogP contribution in [0.5, 0.6) is 0 Å². The molecule has 1 aromatic carbocycles. The summed E-state index contributed by atoms with van der Waals surface area (Å²) in [5, 5.41) is 5.20. The Labute approximate surface area is 170 Å². The van der Waals surface area contributed by atoms with E-state index in [1.165, 1.54) is 23.1 Å². The molecule has 0 saturated carbocycles. The first-order chi connectivity index (χ1) is 13.6. The molecule has 0 spiro atoms. The summed E-state index contributed by atoms with van der Waals surface area (Å²) in [7, 11) is 1.75. The Kier molecular flexibility index (Phi) is 5.32. The molecule has 0 N–H and O–H groups in total. The van der Waals surface area contributed by atoms with Crippen molar-refractivity contribution in [2.24, 2.45) is 7.05 Å². The summed E-state index contributed by atoms with van der Waals surface area (Å²) < 4.78 is 6.97. The van der Waals surface area contributed by atoms with Crippen LogP contribution in [0.4, 0.5) is 0 Å². The predicted octanol–water partition coefficient (Wildman–Crippen LogP) is 4.85. The number of aromatic nitrogens is 4. The molecule has 0 fully saturated rings. The quantitative estimate of drug-likeness (QED) is 0.333. The fourth-order valence-corrected chi connectivity index (χ4v) is 4.85. The van der Waals surface area contributed by atoms with Crippen molar-refractivity contribution >= 4 is 33.3 Å². The van der Waals surface area contributed by atoms with Crippen LogP contribution in [0, 0.1) is 0 Å². The van der Waals surface area contributed by atoms with Crippen molar-refractivity contribution in [2.45, 2.75) is 37.1 Å². The van der Waals surface area contributed by atoms with E-state index in [0.717, 1.165) is 28.1 Å². The first kappa shape index (κ1) is 18.9. The Morgan fingerprint density at radius 3 is 2.79 bits per heavy atom. The van der Waals surface area contributed by atoms with Crippen LogP contribution in [0.25, 0.3) is 20.7 Å². The molecule has 0 bridgehead atoms. The summed E-state index contributed by atoms with van der Waals surface area (Å²) >= 11 is 2.98. The van der Waals surface area contributed by atoms with Crippen LogP contribution in [-0.4, -0.2) is 19.7 Å². The van der Waals surface area contributed by atoms with Crippen molar-refractivity contribution in [3.8, 4) is 10.4 Å². The number of thioether (sulfide) groups is 1. The lowest BCUT2D eigenvalue weighted by Gasteiger charge is -2.09. The molecule has 0 aliphatic carbocycles. The minimum absolute atomic E-state index is 0.0460. The molecule has 1 atom stereocenters. The maximum Gasteiger partial charge on any atom is 0.262 e. The van der Waals surface area contributed by atoms with Crippen molar-refractivity contribution in [3.63, 3.8) is 0 Å². The third-order valence-electron chi connectivity index (χ3n) is 4.38. The number of hydrogen-bond donors (Lipinski definition) is 0. The van der Waals surface area contributed by atoms with E-state index in [2.05, 4.69) is 17.1 Å². The molecule has 28 heavy (non-hydrogen) atoms. The van der Waals surface area contributed by atoms with E-state index in [-0.39, 0.29) is 10.8 Å². The van der Waals surface area contributed by atoms with Crippen LogP contribution in [0.15, 0.2) is 50.9 Å². The summed E-state index contributed by atoms with van der Waals surface area (Å²) in [5.74, 6) is 1.27. The van der Waals surface area contributed by atoms with Crippen LogP contribution in [-0.2, 0) is 13.5 Å². The van der Waals surface area contributed by atoms with E-state index in [0.29, 0.717) is 22.3 Å². The minimum Gasteiger partial charge on any atom is -0.338 e. The average Bonchev–Trinajstić information content (AvgIpc) is 3.34. The number of fused-ring (bicyclic) bond motifs is 1. The maximum absolute atomic E-state index is 12.9. The fourth-order valence-electron chi connectivity index (χ4n) is 2.86. The summed E-state index contributed by atoms with van der Waals surface area (Å²) in [4.78, 5) is 23.8. The van der Waals surface area contributed by atoms with E-state index in [9.17, 15) is 4.79 Å². The number of thiophene rings is 1. The van der Waals surface area contributed by atoms with Gasteiger partial charge in [-0.25, -0.2) is 4.98 Å². The van der Waals surface area contributed by atoms with E-state index < -0.39 is 0 Å². The second kappa shape index (κ2) is 7.89. The third kappa shape index (κ3) is 3.62. The van der Waals surface area contributed by atoms with Gasteiger partial charge >= 0.3 is 0 Å². The minimum atomic E-state index is -0.0952. The van der Waals surface area contributed by atoms with Gasteiger partial charge in [0.1, 0.15) is 4.83 Å². The van der Waals surface area contributed by atoms with Crippen LogP contribution in [0.3, 0.4) is 0 Å². The zero-order chi connectivity index (χ0) is 19.7. The van der Waals surface area contributed by atoms with E-state index >= 15 is 0 Å². The van der Waals surface area contributed by atoms with Gasteiger partial charge in [0.15, 0.2) is 11.0 Å². The highest BCUT2D eigenvalue weighted by Gasteiger charge is 2.20. The molecule has 4 aromatic rings. The molecule has 6 nitrogen and oxygen atoms in total.